The highest BCUT2D eigenvalue weighted by atomic mass is 32.1. The molecule has 0 amide bonds. The van der Waals surface area contributed by atoms with E-state index in [1.54, 1.807) is 11.3 Å². The van der Waals surface area contributed by atoms with Crippen LogP contribution in [0.5, 0.6) is 0 Å². The summed E-state index contributed by atoms with van der Waals surface area (Å²) >= 11 is 1.68. The fourth-order valence-corrected chi connectivity index (χ4v) is 3.79. The number of likely N-dealkylation sites (N-methyl/N-ethyl adjacent to an activating group) is 1. The van der Waals surface area contributed by atoms with Crippen LogP contribution in [0.1, 0.15) is 18.2 Å². The van der Waals surface area contributed by atoms with Gasteiger partial charge in [0.1, 0.15) is 10.6 Å². The summed E-state index contributed by atoms with van der Waals surface area (Å²) in [5, 5.41) is 1.14. The molecule has 3 heterocycles. The van der Waals surface area contributed by atoms with Crippen LogP contribution >= 0.6 is 11.3 Å². The topological polar surface area (TPSA) is 70.3 Å². The first-order chi connectivity index (χ1) is 10.1. The van der Waals surface area contributed by atoms with Crippen LogP contribution in [0.3, 0.4) is 0 Å². The van der Waals surface area contributed by atoms with Crippen LogP contribution in [-0.4, -0.2) is 47.6 Å². The molecule has 1 unspecified atom stereocenters. The number of aromatic nitrogens is 2. The van der Waals surface area contributed by atoms with E-state index in [4.69, 9.17) is 5.84 Å². The molecule has 0 spiro atoms. The highest BCUT2D eigenvalue weighted by Crippen LogP contribution is 2.32. The second-order valence-corrected chi connectivity index (χ2v) is 6.81. The number of anilines is 2. The summed E-state index contributed by atoms with van der Waals surface area (Å²) in [5.41, 5.74) is 2.59. The lowest BCUT2D eigenvalue weighted by molar-refractivity contribution is 0.213. The molecule has 1 fully saturated rings. The van der Waals surface area contributed by atoms with Gasteiger partial charge in [-0.3, -0.25) is 10.3 Å². The molecule has 1 saturated heterocycles. The number of thiophene rings is 1. The lowest BCUT2D eigenvalue weighted by Crippen LogP contribution is -2.51. The number of nitrogen functional groups attached to an aromatic ring is 1. The van der Waals surface area contributed by atoms with E-state index in [1.807, 2.05) is 0 Å². The first kappa shape index (κ1) is 14.5. The number of nitrogens with two attached hydrogens (primary N) is 1. The summed E-state index contributed by atoms with van der Waals surface area (Å²) in [6.07, 6.45) is 1.14. The van der Waals surface area contributed by atoms with E-state index in [0.717, 1.165) is 42.1 Å². The smallest absolute Gasteiger partial charge is 0.240 e. The standard InChI is InChI=1S/C14H22N6S/c1-4-10-8-20(6-5-19(10)3)12-11-7-9(2)21-13(11)17-14(16-12)18-15/h7,10H,4-6,8,15H2,1-3H3,(H,16,17,18). The van der Waals surface area contributed by atoms with Crippen molar-refractivity contribution in [3.05, 3.63) is 10.9 Å². The average Bonchev–Trinajstić information content (AvgIpc) is 2.86. The third kappa shape index (κ3) is 2.68. The van der Waals surface area contributed by atoms with Crippen LogP contribution in [0, 0.1) is 6.92 Å². The fraction of sp³-hybridized carbons (Fsp3) is 0.571. The Bertz CT molecular complexity index is 640. The first-order valence-electron chi connectivity index (χ1n) is 7.32. The summed E-state index contributed by atoms with van der Waals surface area (Å²) in [5.74, 6) is 7.02. The molecule has 0 radical (unpaired) electrons. The van der Waals surface area contributed by atoms with E-state index in [9.17, 15) is 0 Å². The van der Waals surface area contributed by atoms with Gasteiger partial charge in [-0.15, -0.1) is 11.3 Å². The van der Waals surface area contributed by atoms with Crippen molar-refractivity contribution in [1.29, 1.82) is 0 Å². The maximum Gasteiger partial charge on any atom is 0.240 e. The number of hydrazine groups is 1. The highest BCUT2D eigenvalue weighted by molar-refractivity contribution is 7.18. The minimum absolute atomic E-state index is 0.492. The van der Waals surface area contributed by atoms with Gasteiger partial charge in [0.05, 0.1) is 5.39 Å². The number of fused-ring (bicyclic) bond motifs is 1. The zero-order valence-electron chi connectivity index (χ0n) is 12.8. The van der Waals surface area contributed by atoms with Gasteiger partial charge < -0.3 is 4.90 Å². The van der Waals surface area contributed by atoms with Crippen molar-refractivity contribution in [2.45, 2.75) is 26.3 Å². The third-order valence-corrected chi connectivity index (χ3v) is 5.12. The molecule has 1 atom stereocenters. The maximum absolute atomic E-state index is 5.52. The van der Waals surface area contributed by atoms with Crippen molar-refractivity contribution in [2.75, 3.05) is 37.0 Å². The van der Waals surface area contributed by atoms with Crippen molar-refractivity contribution in [3.8, 4) is 0 Å². The number of nitrogens with zero attached hydrogens (tertiary/aromatic N) is 4. The molecule has 0 aliphatic carbocycles. The normalized spacial score (nSPS) is 20.2. The van der Waals surface area contributed by atoms with Crippen LogP contribution in [-0.2, 0) is 0 Å². The van der Waals surface area contributed by atoms with E-state index in [2.05, 4.69) is 52.2 Å². The van der Waals surface area contributed by atoms with Gasteiger partial charge in [-0.25, -0.2) is 10.8 Å². The van der Waals surface area contributed by atoms with E-state index < -0.39 is 0 Å². The van der Waals surface area contributed by atoms with Crippen molar-refractivity contribution in [3.63, 3.8) is 0 Å². The van der Waals surface area contributed by atoms with Crippen LogP contribution in [0.15, 0.2) is 6.07 Å². The van der Waals surface area contributed by atoms with E-state index in [-0.39, 0.29) is 0 Å². The Morgan fingerprint density at radius 1 is 1.43 bits per heavy atom. The summed E-state index contributed by atoms with van der Waals surface area (Å²) < 4.78 is 0. The number of hydrogen-bond donors (Lipinski definition) is 2. The third-order valence-electron chi connectivity index (χ3n) is 4.17. The van der Waals surface area contributed by atoms with Gasteiger partial charge in [0.15, 0.2) is 0 Å². The summed E-state index contributed by atoms with van der Waals surface area (Å²) in [6, 6.07) is 2.74. The van der Waals surface area contributed by atoms with Crippen molar-refractivity contribution in [2.24, 2.45) is 5.84 Å². The molecule has 0 aromatic carbocycles. The molecule has 6 nitrogen and oxygen atoms in total. The fourth-order valence-electron chi connectivity index (χ4n) is 2.91. The van der Waals surface area contributed by atoms with Crippen LogP contribution in [0.25, 0.3) is 10.2 Å². The second kappa shape index (κ2) is 5.75. The lowest BCUT2D eigenvalue weighted by Gasteiger charge is -2.39. The Morgan fingerprint density at radius 2 is 2.24 bits per heavy atom. The average molecular weight is 306 g/mol. The molecule has 0 saturated carbocycles. The number of rotatable bonds is 3. The van der Waals surface area contributed by atoms with E-state index in [1.165, 1.54) is 4.88 Å². The van der Waals surface area contributed by atoms with E-state index in [0.29, 0.717) is 12.0 Å². The minimum atomic E-state index is 0.492. The number of hydrogen-bond acceptors (Lipinski definition) is 7. The summed E-state index contributed by atoms with van der Waals surface area (Å²) in [7, 11) is 2.20. The zero-order chi connectivity index (χ0) is 15.0. The monoisotopic (exact) mass is 306 g/mol. The Morgan fingerprint density at radius 3 is 2.95 bits per heavy atom. The number of nitrogens with one attached hydrogen (secondary N) is 1. The molecule has 2 aromatic heterocycles. The minimum Gasteiger partial charge on any atom is -0.353 e. The van der Waals surface area contributed by atoms with Gasteiger partial charge in [0, 0.05) is 30.6 Å². The molecular formula is C14H22N6S. The SMILES string of the molecule is CCC1CN(c2nc(NN)nc3sc(C)cc23)CCN1C. The number of piperazine rings is 1. The van der Waals surface area contributed by atoms with Crippen LogP contribution < -0.4 is 16.2 Å². The van der Waals surface area contributed by atoms with Gasteiger partial charge in [0.25, 0.3) is 0 Å². The lowest BCUT2D eigenvalue weighted by atomic mass is 10.1. The first-order valence-corrected chi connectivity index (χ1v) is 8.14. The van der Waals surface area contributed by atoms with Crippen molar-refractivity contribution in [1.82, 2.24) is 14.9 Å². The number of aryl methyl sites for hydroxylation is 1. The predicted molar refractivity (Wildman–Crippen MR) is 88.9 cm³/mol. The molecular weight excluding hydrogens is 284 g/mol. The largest absolute Gasteiger partial charge is 0.353 e. The molecule has 7 heteroatoms. The predicted octanol–water partition coefficient (Wildman–Crippen LogP) is 1.82. The molecule has 3 rings (SSSR count). The summed E-state index contributed by atoms with van der Waals surface area (Å²) in [6.45, 7) is 7.38. The van der Waals surface area contributed by atoms with E-state index >= 15 is 0 Å². The Labute approximate surface area is 128 Å². The van der Waals surface area contributed by atoms with Gasteiger partial charge in [-0.05, 0) is 26.5 Å². The van der Waals surface area contributed by atoms with Crippen molar-refractivity contribution < 1.29 is 0 Å². The zero-order valence-corrected chi connectivity index (χ0v) is 13.6. The Kier molecular flexibility index (Phi) is 3.97. The van der Waals surface area contributed by atoms with Gasteiger partial charge >= 0.3 is 0 Å². The maximum atomic E-state index is 5.52. The highest BCUT2D eigenvalue weighted by Gasteiger charge is 2.25. The quantitative estimate of drug-likeness (QED) is 0.666. The second-order valence-electron chi connectivity index (χ2n) is 5.58. The molecule has 1 aliphatic rings. The summed E-state index contributed by atoms with van der Waals surface area (Å²) in [4.78, 5) is 16.1. The molecule has 3 N–H and O–H groups in total. The molecule has 21 heavy (non-hydrogen) atoms. The van der Waals surface area contributed by atoms with Gasteiger partial charge in [0.2, 0.25) is 5.95 Å². The van der Waals surface area contributed by atoms with Crippen LogP contribution in [0.4, 0.5) is 11.8 Å². The van der Waals surface area contributed by atoms with Gasteiger partial charge in [-0.2, -0.15) is 4.98 Å². The molecule has 1 aliphatic heterocycles. The van der Waals surface area contributed by atoms with Crippen molar-refractivity contribution >= 4 is 33.3 Å². The Balaban J connectivity index is 2.02. The molecule has 0 bridgehead atoms. The van der Waals surface area contributed by atoms with Gasteiger partial charge in [-0.1, -0.05) is 6.92 Å². The molecule has 2 aromatic rings. The Hall–Kier alpha value is -1.44. The van der Waals surface area contributed by atoms with Crippen LogP contribution in [0.2, 0.25) is 0 Å². The molecule has 114 valence electrons.